The molecule has 0 saturated carbocycles. The van der Waals surface area contributed by atoms with Crippen LogP contribution in [0.3, 0.4) is 0 Å². The number of anilines is 1. The van der Waals surface area contributed by atoms with Crippen molar-refractivity contribution in [1.29, 1.82) is 0 Å². The first-order valence-corrected chi connectivity index (χ1v) is 7.15. The highest BCUT2D eigenvalue weighted by Gasteiger charge is 2.21. The molecule has 0 aliphatic rings. The molecule has 0 aliphatic carbocycles. The Kier molecular flexibility index (Phi) is 5.26. The number of carbonyl (C=O) groups is 2. The van der Waals surface area contributed by atoms with Crippen LogP contribution in [-0.4, -0.2) is 23.4 Å². The van der Waals surface area contributed by atoms with Crippen molar-refractivity contribution in [2.45, 2.75) is 13.8 Å². The molecule has 0 atom stereocenters. The van der Waals surface area contributed by atoms with E-state index < -0.39 is 23.4 Å². The summed E-state index contributed by atoms with van der Waals surface area (Å²) in [4.78, 5) is 34.0. The standard InChI is InChI=1S/C17H16N2O5/c1-11-7-12(2)9-13(8-11)18-16(20)10-24-17(21)14-5-3-4-6-15(14)19(22)23/h3-9H,10H2,1-2H3,(H,18,20). The molecule has 0 radical (unpaired) electrons. The summed E-state index contributed by atoms with van der Waals surface area (Å²) in [5, 5.41) is 13.5. The van der Waals surface area contributed by atoms with Gasteiger partial charge in [-0.1, -0.05) is 18.2 Å². The van der Waals surface area contributed by atoms with E-state index in [1.807, 2.05) is 19.9 Å². The van der Waals surface area contributed by atoms with Gasteiger partial charge in [-0.25, -0.2) is 4.79 Å². The number of aryl methyl sites for hydroxylation is 2. The molecule has 0 aromatic heterocycles. The van der Waals surface area contributed by atoms with Crippen LogP contribution in [0.1, 0.15) is 21.5 Å². The molecule has 24 heavy (non-hydrogen) atoms. The van der Waals surface area contributed by atoms with Crippen molar-refractivity contribution in [1.82, 2.24) is 0 Å². The van der Waals surface area contributed by atoms with Gasteiger partial charge in [0.2, 0.25) is 0 Å². The highest BCUT2D eigenvalue weighted by Crippen LogP contribution is 2.18. The van der Waals surface area contributed by atoms with E-state index in [0.717, 1.165) is 11.1 Å². The molecule has 124 valence electrons. The third-order valence-electron chi connectivity index (χ3n) is 3.16. The van der Waals surface area contributed by atoms with Gasteiger partial charge in [-0.05, 0) is 43.2 Å². The second-order valence-corrected chi connectivity index (χ2v) is 5.27. The summed E-state index contributed by atoms with van der Waals surface area (Å²) in [5.41, 5.74) is 2.02. The number of amides is 1. The first kappa shape index (κ1) is 17.1. The van der Waals surface area contributed by atoms with Gasteiger partial charge in [0.15, 0.2) is 6.61 Å². The van der Waals surface area contributed by atoms with E-state index in [1.165, 1.54) is 24.3 Å². The number of nitrogens with one attached hydrogen (secondary N) is 1. The maximum Gasteiger partial charge on any atom is 0.345 e. The maximum atomic E-state index is 11.9. The van der Waals surface area contributed by atoms with E-state index in [2.05, 4.69) is 5.32 Å². The van der Waals surface area contributed by atoms with Gasteiger partial charge in [0.05, 0.1) is 4.92 Å². The Hall–Kier alpha value is -3.22. The Morgan fingerprint density at radius 2 is 1.75 bits per heavy atom. The number of rotatable bonds is 5. The molecule has 7 nitrogen and oxygen atoms in total. The van der Waals surface area contributed by atoms with E-state index >= 15 is 0 Å². The summed E-state index contributed by atoms with van der Waals surface area (Å²) < 4.78 is 4.86. The molecular formula is C17H16N2O5. The van der Waals surface area contributed by atoms with Crippen LogP contribution < -0.4 is 5.32 Å². The van der Waals surface area contributed by atoms with E-state index in [-0.39, 0.29) is 11.3 Å². The molecular weight excluding hydrogens is 312 g/mol. The number of ether oxygens (including phenoxy) is 1. The largest absolute Gasteiger partial charge is 0.452 e. The van der Waals surface area contributed by atoms with Crippen LogP contribution in [-0.2, 0) is 9.53 Å². The fraction of sp³-hybridized carbons (Fsp3) is 0.176. The van der Waals surface area contributed by atoms with Crippen molar-refractivity contribution in [3.8, 4) is 0 Å². The van der Waals surface area contributed by atoms with Gasteiger partial charge in [0.25, 0.3) is 11.6 Å². The smallest absolute Gasteiger partial charge is 0.345 e. The lowest BCUT2D eigenvalue weighted by molar-refractivity contribution is -0.385. The maximum absolute atomic E-state index is 11.9. The minimum absolute atomic E-state index is 0.193. The van der Waals surface area contributed by atoms with Gasteiger partial charge in [0, 0.05) is 11.8 Å². The van der Waals surface area contributed by atoms with Crippen molar-refractivity contribution in [3.05, 3.63) is 69.3 Å². The lowest BCUT2D eigenvalue weighted by Gasteiger charge is -2.08. The lowest BCUT2D eigenvalue weighted by atomic mass is 10.1. The molecule has 0 bridgehead atoms. The Bertz CT molecular complexity index is 781. The summed E-state index contributed by atoms with van der Waals surface area (Å²) in [5.74, 6) is -1.44. The number of para-hydroxylation sites is 1. The number of hydrogen-bond donors (Lipinski definition) is 1. The zero-order valence-electron chi connectivity index (χ0n) is 13.2. The third-order valence-corrected chi connectivity index (χ3v) is 3.16. The molecule has 2 rings (SSSR count). The van der Waals surface area contributed by atoms with Crippen LogP contribution in [0.5, 0.6) is 0 Å². The Morgan fingerprint density at radius 3 is 2.38 bits per heavy atom. The van der Waals surface area contributed by atoms with Gasteiger partial charge in [0.1, 0.15) is 5.56 Å². The lowest BCUT2D eigenvalue weighted by Crippen LogP contribution is -2.21. The van der Waals surface area contributed by atoms with Crippen molar-refractivity contribution >= 4 is 23.3 Å². The Morgan fingerprint density at radius 1 is 1.12 bits per heavy atom. The normalized spacial score (nSPS) is 10.1. The average Bonchev–Trinajstić information content (AvgIpc) is 2.51. The quantitative estimate of drug-likeness (QED) is 0.517. The SMILES string of the molecule is Cc1cc(C)cc(NC(=O)COC(=O)c2ccccc2[N+](=O)[O-])c1. The van der Waals surface area contributed by atoms with Crippen LogP contribution >= 0.6 is 0 Å². The highest BCUT2D eigenvalue weighted by molar-refractivity contribution is 5.97. The fourth-order valence-electron chi connectivity index (χ4n) is 2.26. The number of nitro groups is 1. The first-order valence-electron chi connectivity index (χ1n) is 7.15. The summed E-state index contributed by atoms with van der Waals surface area (Å²) in [6, 6.07) is 10.9. The first-order chi connectivity index (χ1) is 11.4. The van der Waals surface area contributed by atoms with Crippen LogP contribution in [0, 0.1) is 24.0 Å². The molecule has 0 fully saturated rings. The molecule has 1 N–H and O–H groups in total. The van der Waals surface area contributed by atoms with E-state index in [9.17, 15) is 19.7 Å². The third kappa shape index (κ3) is 4.39. The van der Waals surface area contributed by atoms with Gasteiger partial charge >= 0.3 is 5.97 Å². The van der Waals surface area contributed by atoms with Gasteiger partial charge < -0.3 is 10.1 Å². The zero-order valence-corrected chi connectivity index (χ0v) is 13.2. The van der Waals surface area contributed by atoms with E-state index in [4.69, 9.17) is 4.74 Å². The Balaban J connectivity index is 1.99. The number of nitro benzene ring substituents is 1. The van der Waals surface area contributed by atoms with Crippen molar-refractivity contribution in [2.24, 2.45) is 0 Å². The predicted molar refractivity (Wildman–Crippen MR) is 87.9 cm³/mol. The molecule has 2 aromatic carbocycles. The van der Waals surface area contributed by atoms with Crippen LogP contribution in [0.15, 0.2) is 42.5 Å². The fourth-order valence-corrected chi connectivity index (χ4v) is 2.26. The van der Waals surface area contributed by atoms with E-state index in [0.29, 0.717) is 5.69 Å². The van der Waals surface area contributed by atoms with Crippen molar-refractivity contribution < 1.29 is 19.2 Å². The molecule has 0 saturated heterocycles. The van der Waals surface area contributed by atoms with Gasteiger partial charge in [-0.2, -0.15) is 0 Å². The molecule has 0 heterocycles. The average molecular weight is 328 g/mol. The minimum Gasteiger partial charge on any atom is -0.452 e. The topological polar surface area (TPSA) is 98.5 Å². The number of esters is 1. The highest BCUT2D eigenvalue weighted by atomic mass is 16.6. The molecule has 0 aliphatic heterocycles. The summed E-state index contributed by atoms with van der Waals surface area (Å²) in [7, 11) is 0. The van der Waals surface area contributed by atoms with Crippen LogP contribution in [0.25, 0.3) is 0 Å². The summed E-state index contributed by atoms with van der Waals surface area (Å²) in [6.45, 7) is 3.27. The predicted octanol–water partition coefficient (Wildman–Crippen LogP) is 3.01. The zero-order chi connectivity index (χ0) is 17.7. The molecule has 7 heteroatoms. The van der Waals surface area contributed by atoms with Crippen molar-refractivity contribution in [2.75, 3.05) is 11.9 Å². The molecule has 0 unspecified atom stereocenters. The number of nitrogens with zero attached hydrogens (tertiary/aromatic N) is 1. The molecule has 2 aromatic rings. The second kappa shape index (κ2) is 7.36. The number of benzene rings is 2. The van der Waals surface area contributed by atoms with Crippen LogP contribution in [0.2, 0.25) is 0 Å². The van der Waals surface area contributed by atoms with E-state index in [1.54, 1.807) is 12.1 Å². The number of hydrogen-bond acceptors (Lipinski definition) is 5. The minimum atomic E-state index is -0.919. The summed E-state index contributed by atoms with van der Waals surface area (Å²) in [6.07, 6.45) is 0. The summed E-state index contributed by atoms with van der Waals surface area (Å²) >= 11 is 0. The number of carbonyl (C=O) groups excluding carboxylic acids is 2. The monoisotopic (exact) mass is 328 g/mol. The molecule has 1 amide bonds. The Labute approximate surface area is 138 Å². The van der Waals surface area contributed by atoms with Crippen LogP contribution in [0.4, 0.5) is 11.4 Å². The second-order valence-electron chi connectivity index (χ2n) is 5.27. The van der Waals surface area contributed by atoms with Gasteiger partial charge in [-0.15, -0.1) is 0 Å². The van der Waals surface area contributed by atoms with Gasteiger partial charge in [-0.3, -0.25) is 14.9 Å². The van der Waals surface area contributed by atoms with Crippen molar-refractivity contribution in [3.63, 3.8) is 0 Å². The molecule has 0 spiro atoms.